The van der Waals surface area contributed by atoms with Gasteiger partial charge in [-0.2, -0.15) is 5.26 Å². The van der Waals surface area contributed by atoms with Gasteiger partial charge < -0.3 is 5.11 Å². The van der Waals surface area contributed by atoms with Crippen molar-refractivity contribution in [1.82, 2.24) is 0 Å². The van der Waals surface area contributed by atoms with Crippen molar-refractivity contribution in [3.8, 4) is 18.4 Å². The van der Waals surface area contributed by atoms with Crippen molar-refractivity contribution in [2.24, 2.45) is 0 Å². The minimum Gasteiger partial charge on any atom is -0.391 e. The Hall–Kier alpha value is -3.06. The summed E-state index contributed by atoms with van der Waals surface area (Å²) in [6.07, 6.45) is 5.60. The second kappa shape index (κ2) is 5.98. The Morgan fingerprint density at radius 3 is 2.61 bits per heavy atom. The standard InChI is InChI=1S/C20H14N2O/c1-3-4-19(23)20-17-7-5-13(12-21)9-14(17)10-15-11-16(22-2)6-8-18(15)20/h1,5-9,11,19-20,23H,4,10H2. The summed E-state index contributed by atoms with van der Waals surface area (Å²) in [6, 6.07) is 13.2. The van der Waals surface area contributed by atoms with E-state index in [1.165, 1.54) is 0 Å². The van der Waals surface area contributed by atoms with Crippen molar-refractivity contribution in [3.63, 3.8) is 0 Å². The van der Waals surface area contributed by atoms with Gasteiger partial charge in [-0.15, -0.1) is 12.3 Å². The zero-order chi connectivity index (χ0) is 16.4. The molecule has 0 saturated heterocycles. The van der Waals surface area contributed by atoms with Gasteiger partial charge in [0.15, 0.2) is 5.69 Å². The molecule has 0 radical (unpaired) electrons. The summed E-state index contributed by atoms with van der Waals surface area (Å²) in [7, 11) is 0. The van der Waals surface area contributed by atoms with Crippen molar-refractivity contribution >= 4 is 5.69 Å². The van der Waals surface area contributed by atoms with E-state index in [1.807, 2.05) is 24.3 Å². The minimum absolute atomic E-state index is 0.225. The molecule has 1 N–H and O–H groups in total. The molecule has 2 aromatic carbocycles. The van der Waals surface area contributed by atoms with E-state index in [2.05, 4.69) is 16.8 Å². The molecular formula is C20H14N2O. The lowest BCUT2D eigenvalue weighted by Gasteiger charge is -2.31. The van der Waals surface area contributed by atoms with E-state index in [4.69, 9.17) is 18.3 Å². The highest BCUT2D eigenvalue weighted by Gasteiger charge is 2.30. The fourth-order valence-corrected chi connectivity index (χ4v) is 3.28. The monoisotopic (exact) mass is 298 g/mol. The maximum absolute atomic E-state index is 10.6. The lowest BCUT2D eigenvalue weighted by molar-refractivity contribution is 0.160. The number of hydrogen-bond donors (Lipinski definition) is 1. The quantitative estimate of drug-likeness (QED) is 0.681. The third-order valence-electron chi connectivity index (χ3n) is 4.29. The summed E-state index contributed by atoms with van der Waals surface area (Å²) >= 11 is 0. The van der Waals surface area contributed by atoms with Gasteiger partial charge in [-0.25, -0.2) is 4.85 Å². The maximum atomic E-state index is 10.6. The third kappa shape index (κ3) is 2.58. The third-order valence-corrected chi connectivity index (χ3v) is 4.29. The first-order chi connectivity index (χ1) is 11.2. The predicted octanol–water partition coefficient (Wildman–Crippen LogP) is 3.53. The maximum Gasteiger partial charge on any atom is 0.187 e. The Balaban J connectivity index is 2.18. The zero-order valence-corrected chi connectivity index (χ0v) is 12.5. The van der Waals surface area contributed by atoms with Crippen LogP contribution in [0, 0.1) is 30.2 Å². The predicted molar refractivity (Wildman–Crippen MR) is 88.0 cm³/mol. The largest absolute Gasteiger partial charge is 0.391 e. The highest BCUT2D eigenvalue weighted by atomic mass is 16.3. The molecule has 0 bridgehead atoms. The first-order valence-corrected chi connectivity index (χ1v) is 7.32. The van der Waals surface area contributed by atoms with E-state index >= 15 is 0 Å². The fourth-order valence-electron chi connectivity index (χ4n) is 3.28. The summed E-state index contributed by atoms with van der Waals surface area (Å²) in [4.78, 5) is 3.48. The van der Waals surface area contributed by atoms with Crippen LogP contribution in [0.4, 0.5) is 5.69 Å². The number of fused-ring (bicyclic) bond motifs is 2. The van der Waals surface area contributed by atoms with Crippen LogP contribution in [0.3, 0.4) is 0 Å². The van der Waals surface area contributed by atoms with E-state index < -0.39 is 6.10 Å². The van der Waals surface area contributed by atoms with E-state index in [1.54, 1.807) is 12.1 Å². The summed E-state index contributed by atoms with van der Waals surface area (Å²) < 4.78 is 0. The molecule has 3 nitrogen and oxygen atoms in total. The second-order valence-corrected chi connectivity index (χ2v) is 5.65. The summed E-state index contributed by atoms with van der Waals surface area (Å²) in [5.74, 6) is 2.30. The highest BCUT2D eigenvalue weighted by Crippen LogP contribution is 2.41. The number of hydrogen-bond acceptors (Lipinski definition) is 2. The SMILES string of the molecule is [C-]#[N+]c1ccc2c(c1)Cc1cc(C#N)ccc1C2C(O)CC#C. The van der Waals surface area contributed by atoms with Crippen molar-refractivity contribution in [1.29, 1.82) is 5.26 Å². The van der Waals surface area contributed by atoms with Crippen molar-refractivity contribution in [2.45, 2.75) is 24.9 Å². The number of terminal acetylenes is 1. The van der Waals surface area contributed by atoms with Crippen molar-refractivity contribution < 1.29 is 5.11 Å². The van der Waals surface area contributed by atoms with Crippen LogP contribution in [0.2, 0.25) is 0 Å². The molecule has 3 rings (SSSR count). The smallest absolute Gasteiger partial charge is 0.187 e. The van der Waals surface area contributed by atoms with Crippen LogP contribution in [0.5, 0.6) is 0 Å². The molecule has 0 heterocycles. The minimum atomic E-state index is -0.690. The zero-order valence-electron chi connectivity index (χ0n) is 12.5. The normalized spacial score (nSPS) is 16.2. The van der Waals surface area contributed by atoms with Gasteiger partial charge in [0.25, 0.3) is 0 Å². The molecule has 1 aliphatic carbocycles. The molecule has 1 aliphatic rings. The molecule has 0 saturated carbocycles. The van der Waals surface area contributed by atoms with Gasteiger partial charge in [0.2, 0.25) is 0 Å². The molecular weight excluding hydrogens is 284 g/mol. The Kier molecular flexibility index (Phi) is 3.86. The van der Waals surface area contributed by atoms with Crippen LogP contribution in [-0.4, -0.2) is 11.2 Å². The summed E-state index contributed by atoms with van der Waals surface area (Å²) in [5.41, 5.74) is 5.22. The molecule has 2 atom stereocenters. The molecule has 0 spiro atoms. The lowest BCUT2D eigenvalue weighted by Crippen LogP contribution is -2.25. The Bertz CT molecular complexity index is 830. The first kappa shape index (κ1) is 14.9. The number of aliphatic hydroxyl groups excluding tert-OH is 1. The van der Waals surface area contributed by atoms with Crippen molar-refractivity contribution in [3.05, 3.63) is 75.6 Å². The number of nitriles is 1. The van der Waals surface area contributed by atoms with Crippen LogP contribution in [0.1, 0.15) is 40.2 Å². The Labute approximate surface area is 135 Å². The van der Waals surface area contributed by atoms with Gasteiger partial charge in [0.1, 0.15) is 0 Å². The molecule has 3 heteroatoms. The average Bonchev–Trinajstić information content (AvgIpc) is 2.58. The van der Waals surface area contributed by atoms with E-state index in [0.29, 0.717) is 17.7 Å². The average molecular weight is 298 g/mol. The molecule has 23 heavy (non-hydrogen) atoms. The van der Waals surface area contributed by atoms with E-state index in [-0.39, 0.29) is 12.3 Å². The Morgan fingerprint density at radius 2 is 1.96 bits per heavy atom. The molecule has 0 aromatic heterocycles. The van der Waals surface area contributed by atoms with Gasteiger partial charge in [0, 0.05) is 12.3 Å². The van der Waals surface area contributed by atoms with Gasteiger partial charge in [-0.05, 0) is 35.2 Å². The molecule has 0 aliphatic heterocycles. The number of aliphatic hydroxyl groups is 1. The number of benzene rings is 2. The number of rotatable bonds is 2. The van der Waals surface area contributed by atoms with Crippen LogP contribution in [0.15, 0.2) is 36.4 Å². The number of nitrogens with zero attached hydrogens (tertiary/aromatic N) is 2. The van der Waals surface area contributed by atoms with Crippen LogP contribution in [0.25, 0.3) is 4.85 Å². The van der Waals surface area contributed by atoms with Gasteiger partial charge in [0.05, 0.1) is 24.3 Å². The molecule has 2 aromatic rings. The van der Waals surface area contributed by atoms with E-state index in [0.717, 1.165) is 22.3 Å². The van der Waals surface area contributed by atoms with Gasteiger partial charge >= 0.3 is 0 Å². The van der Waals surface area contributed by atoms with Crippen molar-refractivity contribution in [2.75, 3.05) is 0 Å². The lowest BCUT2D eigenvalue weighted by atomic mass is 9.74. The topological polar surface area (TPSA) is 48.4 Å². The van der Waals surface area contributed by atoms with Crippen LogP contribution >= 0.6 is 0 Å². The van der Waals surface area contributed by atoms with Crippen LogP contribution in [-0.2, 0) is 6.42 Å². The van der Waals surface area contributed by atoms with E-state index in [9.17, 15) is 5.11 Å². The highest BCUT2D eigenvalue weighted by molar-refractivity contribution is 5.58. The molecule has 0 fully saturated rings. The second-order valence-electron chi connectivity index (χ2n) is 5.65. The van der Waals surface area contributed by atoms with Gasteiger partial charge in [-0.1, -0.05) is 29.8 Å². The summed E-state index contributed by atoms with van der Waals surface area (Å²) in [6.45, 7) is 7.18. The molecule has 2 unspecified atom stereocenters. The first-order valence-electron chi connectivity index (χ1n) is 7.32. The molecule has 0 amide bonds. The van der Waals surface area contributed by atoms with Gasteiger partial charge in [-0.3, -0.25) is 0 Å². The molecule has 110 valence electrons. The Morgan fingerprint density at radius 1 is 1.26 bits per heavy atom. The summed E-state index contributed by atoms with van der Waals surface area (Å²) in [5, 5.41) is 19.7. The van der Waals surface area contributed by atoms with Crippen LogP contribution < -0.4 is 0 Å². The fraction of sp³-hybridized carbons (Fsp3) is 0.200.